The van der Waals surface area contributed by atoms with Crippen LogP contribution in [0, 0.1) is 0 Å². The van der Waals surface area contributed by atoms with E-state index in [1.54, 1.807) is 25.1 Å². The number of hydrogen-bond donors (Lipinski definition) is 0. The van der Waals surface area contributed by atoms with Gasteiger partial charge in [0.1, 0.15) is 16.6 Å². The summed E-state index contributed by atoms with van der Waals surface area (Å²) >= 11 is 0. The highest BCUT2D eigenvalue weighted by Gasteiger charge is 2.16. The largest absolute Gasteiger partial charge is 0.462 e. The zero-order valence-electron chi connectivity index (χ0n) is 10.5. The van der Waals surface area contributed by atoms with Crippen LogP contribution in [0.25, 0.3) is 17.1 Å². The molecule has 0 amide bonds. The van der Waals surface area contributed by atoms with Gasteiger partial charge in [0.2, 0.25) is 0 Å². The van der Waals surface area contributed by atoms with Gasteiger partial charge in [0.05, 0.1) is 6.61 Å². The second kappa shape index (κ2) is 5.43. The number of nitrogens with zero attached hydrogens (tertiary/aromatic N) is 2. The molecule has 1 aromatic carbocycles. The highest BCUT2D eigenvalue weighted by molar-refractivity contribution is 6.20. The summed E-state index contributed by atoms with van der Waals surface area (Å²) in [7, 11) is 0. The lowest BCUT2D eigenvalue weighted by atomic mass is 10.1. The number of hydrogen-bond acceptors (Lipinski definition) is 6. The van der Waals surface area contributed by atoms with Crippen molar-refractivity contribution >= 4 is 28.9 Å². The summed E-state index contributed by atoms with van der Waals surface area (Å²) in [5, 5.41) is 7.44. The highest BCUT2D eigenvalue weighted by atomic mass is 16.6. The molecule has 6 nitrogen and oxygen atoms in total. The zero-order valence-corrected chi connectivity index (χ0v) is 10.5. The number of ketones is 1. The molecule has 0 fully saturated rings. The average Bonchev–Trinajstić information content (AvgIpc) is 2.84. The molecule has 1 aromatic heterocycles. The molecule has 0 aliphatic carbocycles. The molecule has 0 aliphatic heterocycles. The first-order valence-corrected chi connectivity index (χ1v) is 5.74. The lowest BCUT2D eigenvalue weighted by molar-refractivity contribution is -0.139. The SMILES string of the molecule is CCOC(=O)C(=Cc1cccc2nonc12)C(C)=O. The van der Waals surface area contributed by atoms with Crippen LogP contribution in [0.4, 0.5) is 0 Å². The lowest BCUT2D eigenvalue weighted by Crippen LogP contribution is -2.13. The standard InChI is InChI=1S/C13H12N2O4/c1-3-18-13(17)10(8(2)16)7-9-5-4-6-11-12(9)15-19-14-11/h4-7H,3H2,1-2H3. The van der Waals surface area contributed by atoms with Gasteiger partial charge in [-0.25, -0.2) is 9.42 Å². The number of aromatic nitrogens is 2. The Morgan fingerprint density at radius 3 is 2.84 bits per heavy atom. The minimum atomic E-state index is -0.650. The van der Waals surface area contributed by atoms with E-state index >= 15 is 0 Å². The van der Waals surface area contributed by atoms with Gasteiger partial charge in [-0.1, -0.05) is 12.1 Å². The topological polar surface area (TPSA) is 82.3 Å². The molecule has 0 N–H and O–H groups in total. The fourth-order valence-corrected chi connectivity index (χ4v) is 1.61. The van der Waals surface area contributed by atoms with Crippen LogP contribution in [-0.2, 0) is 14.3 Å². The van der Waals surface area contributed by atoms with Gasteiger partial charge in [0.15, 0.2) is 5.78 Å². The van der Waals surface area contributed by atoms with Crippen molar-refractivity contribution in [3.05, 3.63) is 29.3 Å². The Balaban J connectivity index is 2.49. The minimum Gasteiger partial charge on any atom is -0.462 e. The summed E-state index contributed by atoms with van der Waals surface area (Å²) in [5.41, 5.74) is 1.60. The third kappa shape index (κ3) is 2.67. The maximum Gasteiger partial charge on any atom is 0.341 e. The molecule has 0 spiro atoms. The van der Waals surface area contributed by atoms with Gasteiger partial charge < -0.3 is 4.74 Å². The molecule has 0 aliphatic rings. The van der Waals surface area contributed by atoms with E-state index in [4.69, 9.17) is 4.74 Å². The molecule has 98 valence electrons. The maximum absolute atomic E-state index is 11.7. The van der Waals surface area contributed by atoms with E-state index in [1.807, 2.05) is 0 Å². The van der Waals surface area contributed by atoms with Crippen molar-refractivity contribution in [3.8, 4) is 0 Å². The van der Waals surface area contributed by atoms with Crippen molar-refractivity contribution in [1.82, 2.24) is 10.3 Å². The molecule has 2 rings (SSSR count). The van der Waals surface area contributed by atoms with E-state index in [1.165, 1.54) is 13.0 Å². The van der Waals surface area contributed by atoms with Gasteiger partial charge in [-0.2, -0.15) is 0 Å². The van der Waals surface area contributed by atoms with Gasteiger partial charge in [-0.3, -0.25) is 4.79 Å². The number of carbonyl (C=O) groups is 2. The number of rotatable bonds is 4. The third-order valence-corrected chi connectivity index (χ3v) is 2.49. The normalized spacial score (nSPS) is 11.6. The number of benzene rings is 1. The highest BCUT2D eigenvalue weighted by Crippen LogP contribution is 2.18. The molecule has 0 unspecified atom stereocenters. The predicted octanol–water partition coefficient (Wildman–Crippen LogP) is 1.76. The first kappa shape index (κ1) is 12.9. The Bertz CT molecular complexity index is 657. The van der Waals surface area contributed by atoms with Crippen molar-refractivity contribution in [3.63, 3.8) is 0 Å². The third-order valence-electron chi connectivity index (χ3n) is 2.49. The smallest absolute Gasteiger partial charge is 0.341 e. The number of ether oxygens (including phenoxy) is 1. The summed E-state index contributed by atoms with van der Waals surface area (Å²) in [6, 6.07) is 5.18. The van der Waals surface area contributed by atoms with Crippen LogP contribution < -0.4 is 0 Å². The first-order chi connectivity index (χ1) is 9.13. The molecule has 2 aromatic rings. The molecule has 6 heteroatoms. The van der Waals surface area contributed by atoms with Crippen LogP contribution >= 0.6 is 0 Å². The maximum atomic E-state index is 11.7. The van der Waals surface area contributed by atoms with Crippen LogP contribution in [-0.4, -0.2) is 28.7 Å². The van der Waals surface area contributed by atoms with Crippen LogP contribution in [0.2, 0.25) is 0 Å². The Labute approximate surface area is 109 Å². The van der Waals surface area contributed by atoms with E-state index in [0.717, 1.165) is 0 Å². The molecule has 0 saturated heterocycles. The summed E-state index contributed by atoms with van der Waals surface area (Å²) in [6.07, 6.45) is 1.44. The molecule has 0 saturated carbocycles. The van der Waals surface area contributed by atoms with Crippen LogP contribution in [0.1, 0.15) is 19.4 Å². The van der Waals surface area contributed by atoms with Gasteiger partial charge in [-0.05, 0) is 36.3 Å². The molecule has 0 bridgehead atoms. The van der Waals surface area contributed by atoms with E-state index in [0.29, 0.717) is 16.6 Å². The molecule has 1 heterocycles. The van der Waals surface area contributed by atoms with Crippen molar-refractivity contribution in [2.24, 2.45) is 0 Å². The number of fused-ring (bicyclic) bond motifs is 1. The average molecular weight is 260 g/mol. The summed E-state index contributed by atoms with van der Waals surface area (Å²) in [4.78, 5) is 23.2. The minimum absolute atomic E-state index is 0.0302. The van der Waals surface area contributed by atoms with E-state index in [2.05, 4.69) is 14.9 Å². The number of esters is 1. The van der Waals surface area contributed by atoms with Crippen molar-refractivity contribution < 1.29 is 19.0 Å². The Kier molecular flexibility index (Phi) is 3.70. The lowest BCUT2D eigenvalue weighted by Gasteiger charge is -2.03. The van der Waals surface area contributed by atoms with Crippen molar-refractivity contribution in [2.75, 3.05) is 6.61 Å². The van der Waals surface area contributed by atoms with Gasteiger partial charge in [0, 0.05) is 5.56 Å². The summed E-state index contributed by atoms with van der Waals surface area (Å²) < 4.78 is 9.47. The van der Waals surface area contributed by atoms with Gasteiger partial charge >= 0.3 is 5.97 Å². The fraction of sp³-hybridized carbons (Fsp3) is 0.231. The molecule has 0 radical (unpaired) electrons. The van der Waals surface area contributed by atoms with E-state index in [9.17, 15) is 9.59 Å². The van der Waals surface area contributed by atoms with Crippen LogP contribution in [0.3, 0.4) is 0 Å². The Morgan fingerprint density at radius 2 is 2.16 bits per heavy atom. The second-order valence-electron chi connectivity index (χ2n) is 3.81. The van der Waals surface area contributed by atoms with Gasteiger partial charge in [0.25, 0.3) is 0 Å². The fourth-order valence-electron chi connectivity index (χ4n) is 1.61. The molecular weight excluding hydrogens is 248 g/mol. The van der Waals surface area contributed by atoms with E-state index < -0.39 is 5.97 Å². The quantitative estimate of drug-likeness (QED) is 0.360. The summed E-state index contributed by atoms with van der Waals surface area (Å²) in [6.45, 7) is 3.20. The summed E-state index contributed by atoms with van der Waals surface area (Å²) in [5.74, 6) is -1.02. The van der Waals surface area contributed by atoms with Crippen molar-refractivity contribution in [2.45, 2.75) is 13.8 Å². The van der Waals surface area contributed by atoms with Crippen LogP contribution in [0.5, 0.6) is 0 Å². The Hall–Kier alpha value is -2.50. The monoisotopic (exact) mass is 260 g/mol. The van der Waals surface area contributed by atoms with Crippen molar-refractivity contribution in [1.29, 1.82) is 0 Å². The zero-order chi connectivity index (χ0) is 13.8. The van der Waals surface area contributed by atoms with Crippen LogP contribution in [0.15, 0.2) is 28.4 Å². The predicted molar refractivity (Wildman–Crippen MR) is 67.1 cm³/mol. The number of Topliss-reactive ketones (excluding diaryl/α,β-unsaturated/α-hetero) is 1. The number of carbonyl (C=O) groups excluding carboxylic acids is 2. The van der Waals surface area contributed by atoms with E-state index in [-0.39, 0.29) is 18.0 Å². The second-order valence-corrected chi connectivity index (χ2v) is 3.81. The Morgan fingerprint density at radius 1 is 1.37 bits per heavy atom. The van der Waals surface area contributed by atoms with Gasteiger partial charge in [-0.15, -0.1) is 0 Å². The molecular formula is C13H12N2O4. The molecule has 0 atom stereocenters. The first-order valence-electron chi connectivity index (χ1n) is 5.74. The molecule has 19 heavy (non-hydrogen) atoms.